The Morgan fingerprint density at radius 2 is 2.10 bits per heavy atom. The monoisotopic (exact) mass is 293 g/mol. The van der Waals surface area contributed by atoms with Gasteiger partial charge in [-0.1, -0.05) is 6.92 Å². The quantitative estimate of drug-likeness (QED) is 0.671. The molecule has 0 saturated carbocycles. The van der Waals surface area contributed by atoms with Crippen LogP contribution >= 0.6 is 0 Å². The lowest BCUT2D eigenvalue weighted by Gasteiger charge is -2.23. The number of nitrogens with zero attached hydrogens (tertiary/aromatic N) is 3. The van der Waals surface area contributed by atoms with Gasteiger partial charge in [-0.05, 0) is 32.1 Å². The number of hydrogen-bond acceptors (Lipinski definition) is 5. The zero-order valence-electron chi connectivity index (χ0n) is 12.3. The number of nitro groups is 1. The molecule has 1 heterocycles. The maximum atomic E-state index is 11.0. The molecule has 114 valence electrons. The van der Waals surface area contributed by atoms with Gasteiger partial charge in [0.15, 0.2) is 0 Å². The number of aromatic carboxylic acids is 1. The van der Waals surface area contributed by atoms with Gasteiger partial charge in [-0.25, -0.2) is 4.79 Å². The molecule has 1 saturated heterocycles. The van der Waals surface area contributed by atoms with Crippen LogP contribution in [0.15, 0.2) is 18.2 Å². The number of carbonyl (C=O) groups is 1. The standard InChI is InChI=1S/C14H19N3O4/c1-9-7-16(8-13(9)15(2)3)10-4-5-11(14(18)19)12(6-10)17(20)21/h4-6,9,13H,7-8H2,1-3H3,(H,18,19). The van der Waals surface area contributed by atoms with Crippen molar-refractivity contribution in [1.82, 2.24) is 4.90 Å². The third-order valence-corrected chi connectivity index (χ3v) is 4.01. The molecule has 7 heteroatoms. The summed E-state index contributed by atoms with van der Waals surface area (Å²) < 4.78 is 0. The van der Waals surface area contributed by atoms with Crippen LogP contribution < -0.4 is 4.90 Å². The number of hydrogen-bond donors (Lipinski definition) is 1. The van der Waals surface area contributed by atoms with Crippen LogP contribution in [0.5, 0.6) is 0 Å². The third-order valence-electron chi connectivity index (χ3n) is 4.01. The van der Waals surface area contributed by atoms with E-state index in [0.717, 1.165) is 13.1 Å². The SMILES string of the molecule is CC1CN(c2ccc(C(=O)O)c([N+](=O)[O-])c2)CC1N(C)C. The van der Waals surface area contributed by atoms with E-state index in [1.165, 1.54) is 12.1 Å². The van der Waals surface area contributed by atoms with Gasteiger partial charge in [-0.3, -0.25) is 10.1 Å². The first-order valence-electron chi connectivity index (χ1n) is 6.74. The highest BCUT2D eigenvalue weighted by Gasteiger charge is 2.32. The maximum absolute atomic E-state index is 11.0. The van der Waals surface area contributed by atoms with E-state index in [-0.39, 0.29) is 11.3 Å². The maximum Gasteiger partial charge on any atom is 0.342 e. The molecule has 1 N–H and O–H groups in total. The van der Waals surface area contributed by atoms with E-state index in [4.69, 9.17) is 5.11 Å². The topological polar surface area (TPSA) is 86.9 Å². The Bertz CT molecular complexity index is 573. The Morgan fingerprint density at radius 1 is 1.43 bits per heavy atom. The van der Waals surface area contributed by atoms with Crippen molar-refractivity contribution in [3.05, 3.63) is 33.9 Å². The van der Waals surface area contributed by atoms with Crippen molar-refractivity contribution >= 4 is 17.3 Å². The van der Waals surface area contributed by atoms with Crippen LogP contribution in [0.25, 0.3) is 0 Å². The summed E-state index contributed by atoms with van der Waals surface area (Å²) >= 11 is 0. The molecule has 21 heavy (non-hydrogen) atoms. The molecule has 0 amide bonds. The summed E-state index contributed by atoms with van der Waals surface area (Å²) in [7, 11) is 4.03. The van der Waals surface area contributed by atoms with Crippen molar-refractivity contribution in [2.24, 2.45) is 5.92 Å². The summed E-state index contributed by atoms with van der Waals surface area (Å²) in [5.41, 5.74) is 0.0593. The Kier molecular flexibility index (Phi) is 4.13. The van der Waals surface area contributed by atoms with Crippen LogP contribution in [0.1, 0.15) is 17.3 Å². The van der Waals surface area contributed by atoms with Crippen molar-refractivity contribution < 1.29 is 14.8 Å². The van der Waals surface area contributed by atoms with E-state index >= 15 is 0 Å². The zero-order valence-corrected chi connectivity index (χ0v) is 12.3. The largest absolute Gasteiger partial charge is 0.477 e. The molecule has 1 aliphatic rings. The summed E-state index contributed by atoms with van der Waals surface area (Å²) in [5, 5.41) is 20.0. The summed E-state index contributed by atoms with van der Waals surface area (Å²) in [6, 6.07) is 4.68. The fourth-order valence-electron chi connectivity index (χ4n) is 2.88. The molecule has 0 spiro atoms. The number of benzene rings is 1. The summed E-state index contributed by atoms with van der Waals surface area (Å²) in [5.74, 6) is -0.840. The Balaban J connectivity index is 2.32. The average Bonchev–Trinajstić information content (AvgIpc) is 2.80. The van der Waals surface area contributed by atoms with Gasteiger partial charge < -0.3 is 14.9 Å². The number of carboxylic acid groups (broad SMARTS) is 1. The minimum absolute atomic E-state index is 0.278. The lowest BCUT2D eigenvalue weighted by molar-refractivity contribution is -0.385. The highest BCUT2D eigenvalue weighted by atomic mass is 16.6. The molecular weight excluding hydrogens is 274 g/mol. The molecule has 1 aromatic rings. The average molecular weight is 293 g/mol. The van der Waals surface area contributed by atoms with E-state index in [0.29, 0.717) is 17.6 Å². The summed E-state index contributed by atoms with van der Waals surface area (Å²) in [6.07, 6.45) is 0. The van der Waals surface area contributed by atoms with E-state index in [1.807, 2.05) is 14.1 Å². The highest BCUT2D eigenvalue weighted by Crippen LogP contribution is 2.30. The Hall–Kier alpha value is -2.15. The van der Waals surface area contributed by atoms with Crippen LogP contribution in [0, 0.1) is 16.0 Å². The van der Waals surface area contributed by atoms with Gasteiger partial charge in [0, 0.05) is 30.9 Å². The van der Waals surface area contributed by atoms with Crippen LogP contribution in [-0.4, -0.2) is 54.1 Å². The number of rotatable bonds is 4. The van der Waals surface area contributed by atoms with E-state index in [9.17, 15) is 14.9 Å². The number of carboxylic acids is 1. The van der Waals surface area contributed by atoms with Crippen molar-refractivity contribution in [3.8, 4) is 0 Å². The van der Waals surface area contributed by atoms with Gasteiger partial charge in [0.2, 0.25) is 0 Å². The predicted molar refractivity (Wildman–Crippen MR) is 78.9 cm³/mol. The molecule has 0 aromatic heterocycles. The fourth-order valence-corrected chi connectivity index (χ4v) is 2.88. The fraction of sp³-hybridized carbons (Fsp3) is 0.500. The molecule has 2 unspecified atom stereocenters. The van der Waals surface area contributed by atoms with Crippen LogP contribution in [0.3, 0.4) is 0 Å². The first kappa shape index (κ1) is 15.2. The van der Waals surface area contributed by atoms with Crippen molar-refractivity contribution in [2.45, 2.75) is 13.0 Å². The van der Waals surface area contributed by atoms with Gasteiger partial charge in [-0.15, -0.1) is 0 Å². The minimum Gasteiger partial charge on any atom is -0.477 e. The van der Waals surface area contributed by atoms with Crippen LogP contribution in [0.2, 0.25) is 0 Å². The van der Waals surface area contributed by atoms with Gasteiger partial charge >= 0.3 is 5.97 Å². The molecular formula is C14H19N3O4. The van der Waals surface area contributed by atoms with Crippen LogP contribution in [0.4, 0.5) is 11.4 Å². The molecule has 0 bridgehead atoms. The van der Waals surface area contributed by atoms with Gasteiger partial charge in [0.05, 0.1) is 4.92 Å². The molecule has 0 radical (unpaired) electrons. The zero-order chi connectivity index (χ0) is 15.7. The van der Waals surface area contributed by atoms with Crippen molar-refractivity contribution in [1.29, 1.82) is 0 Å². The third kappa shape index (κ3) is 2.97. The molecule has 1 aromatic carbocycles. The number of likely N-dealkylation sites (N-methyl/N-ethyl adjacent to an activating group) is 1. The first-order chi connectivity index (χ1) is 9.81. The molecule has 1 fully saturated rings. The van der Waals surface area contributed by atoms with E-state index in [2.05, 4.69) is 16.7 Å². The summed E-state index contributed by atoms with van der Waals surface area (Å²) in [4.78, 5) is 25.6. The normalized spacial score (nSPS) is 21.8. The van der Waals surface area contributed by atoms with Gasteiger partial charge in [0.1, 0.15) is 5.56 Å². The molecule has 0 aliphatic carbocycles. The van der Waals surface area contributed by atoms with Crippen molar-refractivity contribution in [3.63, 3.8) is 0 Å². The second-order valence-electron chi connectivity index (χ2n) is 5.68. The number of nitro benzene ring substituents is 1. The molecule has 7 nitrogen and oxygen atoms in total. The van der Waals surface area contributed by atoms with E-state index < -0.39 is 10.9 Å². The minimum atomic E-state index is -1.28. The number of anilines is 1. The lowest BCUT2D eigenvalue weighted by Crippen LogP contribution is -2.34. The summed E-state index contributed by atoms with van der Waals surface area (Å²) in [6.45, 7) is 3.72. The Morgan fingerprint density at radius 3 is 2.57 bits per heavy atom. The lowest BCUT2D eigenvalue weighted by atomic mass is 10.1. The highest BCUT2D eigenvalue weighted by molar-refractivity contribution is 5.93. The second-order valence-corrected chi connectivity index (χ2v) is 5.68. The molecule has 2 atom stereocenters. The Labute approximate surface area is 122 Å². The van der Waals surface area contributed by atoms with Crippen molar-refractivity contribution in [2.75, 3.05) is 32.1 Å². The van der Waals surface area contributed by atoms with Gasteiger partial charge in [0.25, 0.3) is 5.69 Å². The second kappa shape index (κ2) is 5.69. The molecule has 2 rings (SSSR count). The predicted octanol–water partition coefficient (Wildman–Crippen LogP) is 1.68. The molecule has 1 aliphatic heterocycles. The van der Waals surface area contributed by atoms with E-state index in [1.54, 1.807) is 6.07 Å². The van der Waals surface area contributed by atoms with Crippen LogP contribution in [-0.2, 0) is 0 Å². The van der Waals surface area contributed by atoms with Gasteiger partial charge in [-0.2, -0.15) is 0 Å². The first-order valence-corrected chi connectivity index (χ1v) is 6.74. The smallest absolute Gasteiger partial charge is 0.342 e.